The Morgan fingerprint density at radius 1 is 1.24 bits per heavy atom. The number of hydrogen-bond acceptors (Lipinski definition) is 2. The van der Waals surface area contributed by atoms with Crippen LogP contribution >= 0.6 is 0 Å². The van der Waals surface area contributed by atoms with E-state index in [1.807, 2.05) is 13.8 Å². The van der Waals surface area contributed by atoms with E-state index in [0.29, 0.717) is 6.92 Å². The Morgan fingerprint density at radius 2 is 1.65 bits per heavy atom. The highest BCUT2D eigenvalue weighted by Gasteiger charge is 2.55. The molecule has 0 rings (SSSR count). The van der Waals surface area contributed by atoms with Gasteiger partial charge in [-0.25, -0.2) is 0 Å². The number of carbonyl (C=O) groups is 1. The molecule has 0 aromatic rings. The van der Waals surface area contributed by atoms with Crippen molar-refractivity contribution in [2.75, 3.05) is 6.54 Å². The van der Waals surface area contributed by atoms with E-state index in [2.05, 4.69) is 0 Å². The minimum absolute atomic E-state index is 0.0883. The van der Waals surface area contributed by atoms with E-state index in [1.165, 1.54) is 4.90 Å². The summed E-state index contributed by atoms with van der Waals surface area (Å²) in [4.78, 5) is 13.0. The van der Waals surface area contributed by atoms with E-state index in [9.17, 15) is 18.0 Å². The molecule has 0 heterocycles. The minimum atomic E-state index is -4.74. The Balaban J connectivity index is 5.09. The first-order valence-corrected chi connectivity index (χ1v) is 5.58. The van der Waals surface area contributed by atoms with E-state index >= 15 is 0 Å². The van der Waals surface area contributed by atoms with Crippen LogP contribution in [0.15, 0.2) is 0 Å². The highest BCUT2D eigenvalue weighted by molar-refractivity contribution is 5.87. The molecule has 0 saturated heterocycles. The molecule has 17 heavy (non-hydrogen) atoms. The summed E-state index contributed by atoms with van der Waals surface area (Å²) >= 11 is 0. The smallest absolute Gasteiger partial charge is 0.338 e. The second-order valence-corrected chi connectivity index (χ2v) is 5.15. The van der Waals surface area contributed by atoms with Crippen molar-refractivity contribution in [3.63, 3.8) is 0 Å². The van der Waals surface area contributed by atoms with Crippen molar-refractivity contribution in [2.24, 2.45) is 11.7 Å². The Morgan fingerprint density at radius 3 is 1.88 bits per heavy atom. The van der Waals surface area contributed by atoms with Crippen LogP contribution < -0.4 is 5.73 Å². The van der Waals surface area contributed by atoms with Crippen LogP contribution in [0.5, 0.6) is 0 Å². The molecular formula is C11H21F3N2O. The molecule has 0 aliphatic carbocycles. The molecule has 102 valence electrons. The minimum Gasteiger partial charge on any atom is -0.338 e. The van der Waals surface area contributed by atoms with Gasteiger partial charge in [0.2, 0.25) is 0 Å². The zero-order valence-corrected chi connectivity index (χ0v) is 10.9. The predicted octanol–water partition coefficient (Wildman–Crippen LogP) is 2.16. The maximum Gasteiger partial charge on any atom is 0.415 e. The van der Waals surface area contributed by atoms with Crippen molar-refractivity contribution in [3.05, 3.63) is 0 Å². The number of rotatable bonds is 4. The molecule has 1 atom stereocenters. The molecule has 0 aliphatic rings. The fourth-order valence-electron chi connectivity index (χ4n) is 1.34. The average molecular weight is 254 g/mol. The van der Waals surface area contributed by atoms with Gasteiger partial charge in [-0.15, -0.1) is 0 Å². The van der Waals surface area contributed by atoms with Crippen molar-refractivity contribution >= 4 is 5.91 Å². The lowest BCUT2D eigenvalue weighted by molar-refractivity contribution is -0.195. The molecule has 6 heteroatoms. The first-order chi connectivity index (χ1) is 7.41. The number of halogens is 3. The molecule has 0 aromatic carbocycles. The van der Waals surface area contributed by atoms with Crippen LogP contribution in [0, 0.1) is 5.92 Å². The predicted molar refractivity (Wildman–Crippen MR) is 60.3 cm³/mol. The van der Waals surface area contributed by atoms with E-state index in [4.69, 9.17) is 5.73 Å². The third kappa shape index (κ3) is 3.87. The Hall–Kier alpha value is -0.780. The second-order valence-electron chi connectivity index (χ2n) is 5.15. The molecule has 0 aromatic heterocycles. The van der Waals surface area contributed by atoms with E-state index < -0.39 is 17.6 Å². The summed E-state index contributed by atoms with van der Waals surface area (Å²) < 4.78 is 38.0. The zero-order valence-electron chi connectivity index (χ0n) is 10.9. The van der Waals surface area contributed by atoms with Crippen LogP contribution in [-0.2, 0) is 4.79 Å². The molecule has 0 bridgehead atoms. The van der Waals surface area contributed by atoms with Gasteiger partial charge in [0.05, 0.1) is 0 Å². The first kappa shape index (κ1) is 16.2. The summed E-state index contributed by atoms with van der Waals surface area (Å²) in [6, 6.07) is -0.310. The van der Waals surface area contributed by atoms with Crippen molar-refractivity contribution < 1.29 is 18.0 Å². The summed E-state index contributed by atoms with van der Waals surface area (Å²) in [7, 11) is 0. The topological polar surface area (TPSA) is 46.3 Å². The van der Waals surface area contributed by atoms with Gasteiger partial charge in [0.1, 0.15) is 0 Å². The Labute approximate surface area is 100 Å². The number of nitrogens with two attached hydrogens (primary N) is 1. The third-order valence-electron chi connectivity index (χ3n) is 2.48. The van der Waals surface area contributed by atoms with Gasteiger partial charge in [-0.3, -0.25) is 4.79 Å². The van der Waals surface area contributed by atoms with Gasteiger partial charge in [-0.05, 0) is 26.7 Å². The van der Waals surface area contributed by atoms with E-state index in [0.717, 1.165) is 0 Å². The van der Waals surface area contributed by atoms with Gasteiger partial charge >= 0.3 is 6.18 Å². The second kappa shape index (κ2) is 5.25. The van der Waals surface area contributed by atoms with E-state index in [-0.39, 0.29) is 18.5 Å². The summed E-state index contributed by atoms with van der Waals surface area (Å²) in [5.74, 6) is -0.987. The van der Waals surface area contributed by atoms with Gasteiger partial charge in [0, 0.05) is 12.6 Å². The molecule has 1 unspecified atom stereocenters. The fraction of sp³-hybridized carbons (Fsp3) is 0.909. The van der Waals surface area contributed by atoms with Crippen LogP contribution in [0.1, 0.15) is 34.6 Å². The van der Waals surface area contributed by atoms with Crippen molar-refractivity contribution in [1.82, 2.24) is 4.90 Å². The average Bonchev–Trinajstić information content (AvgIpc) is 2.10. The molecule has 0 aliphatic heterocycles. The molecule has 0 fully saturated rings. The first-order valence-electron chi connectivity index (χ1n) is 5.58. The molecule has 0 radical (unpaired) electrons. The largest absolute Gasteiger partial charge is 0.415 e. The molecule has 0 saturated carbocycles. The van der Waals surface area contributed by atoms with Crippen molar-refractivity contribution in [3.8, 4) is 0 Å². The summed E-state index contributed by atoms with van der Waals surface area (Å²) in [5, 5.41) is 0. The van der Waals surface area contributed by atoms with Crippen LogP contribution in [0.2, 0.25) is 0 Å². The highest BCUT2D eigenvalue weighted by Crippen LogP contribution is 2.30. The highest BCUT2D eigenvalue weighted by atomic mass is 19.4. The number of alkyl halides is 3. The van der Waals surface area contributed by atoms with Crippen LogP contribution in [0.25, 0.3) is 0 Å². The Kier molecular flexibility index (Phi) is 5.01. The van der Waals surface area contributed by atoms with Gasteiger partial charge < -0.3 is 10.6 Å². The fourth-order valence-corrected chi connectivity index (χ4v) is 1.34. The SMILES string of the molecule is CC(C)CN(C(=O)C(C)(N)C(F)(F)F)C(C)C. The standard InChI is InChI=1S/C11H21F3N2O/c1-7(2)6-16(8(3)4)9(17)10(5,15)11(12,13)14/h7-8H,6,15H2,1-5H3. The van der Waals surface area contributed by atoms with Gasteiger partial charge in [-0.1, -0.05) is 13.8 Å². The summed E-state index contributed by atoms with van der Waals surface area (Å²) in [5.41, 5.74) is 2.31. The van der Waals surface area contributed by atoms with Gasteiger partial charge in [0.25, 0.3) is 5.91 Å². The molecule has 1 amide bonds. The lowest BCUT2D eigenvalue weighted by Crippen LogP contribution is -2.63. The Bertz CT molecular complexity index is 272. The summed E-state index contributed by atoms with van der Waals surface area (Å²) in [6.07, 6.45) is -4.74. The van der Waals surface area contributed by atoms with Crippen molar-refractivity contribution in [2.45, 2.75) is 52.4 Å². The van der Waals surface area contributed by atoms with Crippen molar-refractivity contribution in [1.29, 1.82) is 0 Å². The zero-order chi connectivity index (χ0) is 14.0. The number of amides is 1. The molecule has 3 nitrogen and oxygen atoms in total. The number of hydrogen-bond donors (Lipinski definition) is 1. The van der Waals surface area contributed by atoms with Crippen LogP contribution in [0.3, 0.4) is 0 Å². The quantitative estimate of drug-likeness (QED) is 0.835. The lowest BCUT2D eigenvalue weighted by Gasteiger charge is -2.36. The monoisotopic (exact) mass is 254 g/mol. The summed E-state index contributed by atoms with van der Waals surface area (Å²) in [6.45, 7) is 8.00. The normalized spacial score (nSPS) is 16.2. The third-order valence-corrected chi connectivity index (χ3v) is 2.48. The lowest BCUT2D eigenvalue weighted by atomic mass is 9.99. The maximum atomic E-state index is 12.7. The number of carbonyl (C=O) groups excluding carboxylic acids is 1. The molecule has 2 N–H and O–H groups in total. The van der Waals surface area contributed by atoms with Gasteiger partial charge in [0.15, 0.2) is 5.54 Å². The molecule has 0 spiro atoms. The van der Waals surface area contributed by atoms with Crippen LogP contribution in [0.4, 0.5) is 13.2 Å². The molecular weight excluding hydrogens is 233 g/mol. The van der Waals surface area contributed by atoms with E-state index in [1.54, 1.807) is 13.8 Å². The maximum absolute atomic E-state index is 12.7. The number of nitrogens with zero attached hydrogens (tertiary/aromatic N) is 1. The van der Waals surface area contributed by atoms with Gasteiger partial charge in [-0.2, -0.15) is 13.2 Å². The van der Waals surface area contributed by atoms with Crippen LogP contribution in [-0.4, -0.2) is 35.1 Å².